The van der Waals surface area contributed by atoms with Crippen LogP contribution in [0.3, 0.4) is 0 Å². The van der Waals surface area contributed by atoms with E-state index in [1.165, 1.54) is 0 Å². The maximum absolute atomic E-state index is 11.8. The number of ketones is 1. The largest absolute Gasteiger partial charge is 0.312 e. The number of carbonyl (C=O) groups is 1. The average Bonchev–Trinajstić information content (AvgIpc) is 2.64. The maximum Gasteiger partial charge on any atom is 0.305 e. The van der Waals surface area contributed by atoms with Crippen molar-refractivity contribution in [1.82, 2.24) is 4.98 Å². The number of thiazole rings is 1. The van der Waals surface area contributed by atoms with Gasteiger partial charge in [-0.15, -0.1) is 0 Å². The molecule has 0 aliphatic rings. The fourth-order valence-corrected chi connectivity index (χ4v) is 2.38. The number of fused-ring (bicyclic) bond motifs is 1. The first-order valence-corrected chi connectivity index (χ1v) is 6.18. The Kier molecular flexibility index (Phi) is 3.19. The van der Waals surface area contributed by atoms with Crippen LogP contribution in [0, 0.1) is 0 Å². The molecule has 1 heterocycles. The Balaban J connectivity index is 2.31. The highest BCUT2D eigenvalue weighted by Gasteiger charge is 2.07. The predicted octanol–water partition coefficient (Wildman–Crippen LogP) is 2.96. The summed E-state index contributed by atoms with van der Waals surface area (Å²) in [5, 5.41) is 0. The normalized spacial score (nSPS) is 10.8. The van der Waals surface area contributed by atoms with Crippen molar-refractivity contribution in [2.45, 2.75) is 26.2 Å². The molecule has 0 radical (unpaired) electrons. The quantitative estimate of drug-likeness (QED) is 0.828. The van der Waals surface area contributed by atoms with Crippen LogP contribution in [0.4, 0.5) is 0 Å². The first kappa shape index (κ1) is 11.1. The number of aromatic nitrogens is 1. The van der Waals surface area contributed by atoms with Gasteiger partial charge in [0.05, 0.1) is 10.2 Å². The number of unbranched alkanes of at least 4 members (excludes halogenated alkanes) is 1. The molecular weight excluding hydrogens is 222 g/mol. The number of benzene rings is 1. The zero-order chi connectivity index (χ0) is 11.5. The molecule has 0 aliphatic heterocycles. The number of rotatable bonds is 4. The second-order valence-corrected chi connectivity index (χ2v) is 4.77. The lowest BCUT2D eigenvalue weighted by Gasteiger charge is -1.99. The Hall–Kier alpha value is -1.42. The van der Waals surface area contributed by atoms with Crippen molar-refractivity contribution in [2.24, 2.45) is 0 Å². The third-order valence-electron chi connectivity index (χ3n) is 2.50. The van der Waals surface area contributed by atoms with E-state index in [-0.39, 0.29) is 10.7 Å². The van der Waals surface area contributed by atoms with Crippen LogP contribution in [0.1, 0.15) is 36.5 Å². The van der Waals surface area contributed by atoms with E-state index in [4.69, 9.17) is 0 Å². The van der Waals surface area contributed by atoms with Crippen molar-refractivity contribution in [3.05, 3.63) is 33.4 Å². The van der Waals surface area contributed by atoms with Gasteiger partial charge >= 0.3 is 4.87 Å². The topological polar surface area (TPSA) is 49.9 Å². The Labute approximate surface area is 97.1 Å². The SMILES string of the molecule is CCCCC(=O)c1ccc2[nH]c(=O)sc2c1. The standard InChI is InChI=1S/C12H13NO2S/c1-2-3-4-10(14)8-5-6-9-11(7-8)16-12(15)13-9/h5-7H,2-4H2,1H3,(H,13,15). The number of carbonyl (C=O) groups excluding carboxylic acids is 1. The van der Waals surface area contributed by atoms with Gasteiger partial charge in [0, 0.05) is 12.0 Å². The summed E-state index contributed by atoms with van der Waals surface area (Å²) in [6.45, 7) is 2.06. The van der Waals surface area contributed by atoms with E-state index in [1.54, 1.807) is 18.2 Å². The van der Waals surface area contributed by atoms with E-state index in [0.29, 0.717) is 12.0 Å². The Morgan fingerprint density at radius 3 is 3.00 bits per heavy atom. The lowest BCUT2D eigenvalue weighted by atomic mass is 10.1. The zero-order valence-electron chi connectivity index (χ0n) is 9.08. The second-order valence-electron chi connectivity index (χ2n) is 3.75. The van der Waals surface area contributed by atoms with Gasteiger partial charge in [0.15, 0.2) is 5.78 Å². The Morgan fingerprint density at radius 1 is 1.44 bits per heavy atom. The van der Waals surface area contributed by atoms with E-state index in [9.17, 15) is 9.59 Å². The van der Waals surface area contributed by atoms with Crippen molar-refractivity contribution in [1.29, 1.82) is 0 Å². The van der Waals surface area contributed by atoms with Crippen molar-refractivity contribution < 1.29 is 4.79 Å². The molecule has 0 saturated carbocycles. The maximum atomic E-state index is 11.8. The molecule has 0 spiro atoms. The van der Waals surface area contributed by atoms with Crippen molar-refractivity contribution >= 4 is 27.3 Å². The number of nitrogens with one attached hydrogen (secondary N) is 1. The molecule has 16 heavy (non-hydrogen) atoms. The van der Waals surface area contributed by atoms with E-state index >= 15 is 0 Å². The highest BCUT2D eigenvalue weighted by molar-refractivity contribution is 7.16. The van der Waals surface area contributed by atoms with E-state index < -0.39 is 0 Å². The van der Waals surface area contributed by atoms with Gasteiger partial charge in [-0.1, -0.05) is 24.7 Å². The monoisotopic (exact) mass is 235 g/mol. The van der Waals surface area contributed by atoms with Crippen molar-refractivity contribution in [3.63, 3.8) is 0 Å². The predicted molar refractivity (Wildman–Crippen MR) is 66.3 cm³/mol. The molecule has 2 rings (SSSR count). The summed E-state index contributed by atoms with van der Waals surface area (Å²) in [7, 11) is 0. The van der Waals surface area contributed by atoms with Crippen LogP contribution in [0.5, 0.6) is 0 Å². The smallest absolute Gasteiger partial charge is 0.305 e. The van der Waals surface area contributed by atoms with E-state index in [0.717, 1.165) is 34.4 Å². The molecular formula is C12H13NO2S. The van der Waals surface area contributed by atoms with E-state index in [2.05, 4.69) is 11.9 Å². The molecule has 0 aliphatic carbocycles. The number of aromatic amines is 1. The summed E-state index contributed by atoms with van der Waals surface area (Å²) in [6.07, 6.45) is 2.52. The molecule has 1 N–H and O–H groups in total. The molecule has 0 bridgehead atoms. The van der Waals surface area contributed by atoms with Gasteiger partial charge in [-0.2, -0.15) is 0 Å². The molecule has 0 saturated heterocycles. The van der Waals surface area contributed by atoms with Gasteiger partial charge in [0.2, 0.25) is 0 Å². The minimum absolute atomic E-state index is 0.0758. The van der Waals surface area contributed by atoms with Gasteiger partial charge in [0.25, 0.3) is 0 Å². The molecule has 3 nitrogen and oxygen atoms in total. The molecule has 1 aromatic carbocycles. The van der Waals surface area contributed by atoms with Gasteiger partial charge in [0.1, 0.15) is 0 Å². The second kappa shape index (κ2) is 4.61. The minimum Gasteiger partial charge on any atom is -0.312 e. The van der Waals surface area contributed by atoms with Gasteiger partial charge in [-0.05, 0) is 24.6 Å². The summed E-state index contributed by atoms with van der Waals surface area (Å²) in [5.41, 5.74) is 1.51. The van der Waals surface area contributed by atoms with Crippen LogP contribution in [0.25, 0.3) is 10.2 Å². The van der Waals surface area contributed by atoms with Crippen molar-refractivity contribution in [2.75, 3.05) is 0 Å². The van der Waals surface area contributed by atoms with Crippen LogP contribution in [-0.4, -0.2) is 10.8 Å². The fraction of sp³-hybridized carbons (Fsp3) is 0.333. The van der Waals surface area contributed by atoms with Gasteiger partial charge in [-0.25, -0.2) is 0 Å². The van der Waals surface area contributed by atoms with E-state index in [1.807, 2.05) is 0 Å². The third kappa shape index (κ3) is 2.22. The van der Waals surface area contributed by atoms with Crippen LogP contribution >= 0.6 is 11.3 Å². The molecule has 0 amide bonds. The third-order valence-corrected chi connectivity index (χ3v) is 3.35. The average molecular weight is 235 g/mol. The Bertz CT molecular complexity index is 568. The molecule has 2 aromatic rings. The van der Waals surface area contributed by atoms with Crippen LogP contribution in [0.2, 0.25) is 0 Å². The number of hydrogen-bond donors (Lipinski definition) is 1. The molecule has 0 fully saturated rings. The number of hydrogen-bond acceptors (Lipinski definition) is 3. The fourth-order valence-electron chi connectivity index (χ4n) is 1.60. The molecule has 1 aromatic heterocycles. The van der Waals surface area contributed by atoms with Gasteiger partial charge < -0.3 is 4.98 Å². The summed E-state index contributed by atoms with van der Waals surface area (Å²) in [4.78, 5) is 25.5. The summed E-state index contributed by atoms with van der Waals surface area (Å²) < 4.78 is 0.854. The lowest BCUT2D eigenvalue weighted by molar-refractivity contribution is 0.0980. The highest BCUT2D eigenvalue weighted by atomic mass is 32.1. The minimum atomic E-state index is -0.0758. The first-order valence-electron chi connectivity index (χ1n) is 5.37. The number of Topliss-reactive ketones (excluding diaryl/α,β-unsaturated/α-hetero) is 1. The zero-order valence-corrected chi connectivity index (χ0v) is 9.89. The summed E-state index contributed by atoms with van der Waals surface area (Å²) in [5.74, 6) is 0.157. The lowest BCUT2D eigenvalue weighted by Crippen LogP contribution is -1.97. The molecule has 4 heteroatoms. The molecule has 0 atom stereocenters. The van der Waals surface area contributed by atoms with Crippen LogP contribution in [-0.2, 0) is 0 Å². The Morgan fingerprint density at radius 2 is 2.25 bits per heavy atom. The number of H-pyrrole nitrogens is 1. The molecule has 0 unspecified atom stereocenters. The first-order chi connectivity index (χ1) is 7.70. The van der Waals surface area contributed by atoms with Gasteiger partial charge in [-0.3, -0.25) is 9.59 Å². The highest BCUT2D eigenvalue weighted by Crippen LogP contribution is 2.17. The summed E-state index contributed by atoms with van der Waals surface area (Å²) in [6, 6.07) is 5.38. The van der Waals surface area contributed by atoms with Crippen LogP contribution in [0.15, 0.2) is 23.0 Å². The van der Waals surface area contributed by atoms with Crippen LogP contribution < -0.4 is 4.87 Å². The molecule has 84 valence electrons. The van der Waals surface area contributed by atoms with Crippen molar-refractivity contribution in [3.8, 4) is 0 Å². The summed E-state index contributed by atoms with van der Waals surface area (Å²) >= 11 is 1.14.